The molecule has 1 heterocycles. The van der Waals surface area contributed by atoms with E-state index >= 15 is 0 Å². The number of hydrogen-bond acceptors (Lipinski definition) is 13. The number of rotatable bonds is 28. The smallest absolute Gasteiger partial charge is 0.326 e. The molecule has 1 saturated heterocycles. The summed E-state index contributed by atoms with van der Waals surface area (Å²) in [6, 6.07) is -11.0. The van der Waals surface area contributed by atoms with Crippen molar-refractivity contribution in [3.05, 3.63) is 0 Å². The lowest BCUT2D eigenvalue weighted by Gasteiger charge is -2.31. The van der Waals surface area contributed by atoms with Gasteiger partial charge in [-0.2, -0.15) is 11.8 Å². The van der Waals surface area contributed by atoms with Crippen LogP contribution in [0.2, 0.25) is 0 Å². The summed E-state index contributed by atoms with van der Waals surface area (Å²) in [5.41, 5.74) is 5.73. The molecule has 0 bridgehead atoms. The van der Waals surface area contributed by atoms with Gasteiger partial charge in [-0.1, -0.05) is 34.1 Å². The summed E-state index contributed by atoms with van der Waals surface area (Å²) >= 11 is 1.31. The Kier molecular flexibility index (Phi) is 23.5. The van der Waals surface area contributed by atoms with Crippen LogP contribution in [0.4, 0.5) is 0 Å². The third-order valence-electron chi connectivity index (χ3n) is 10.1. The van der Waals surface area contributed by atoms with Crippen LogP contribution < -0.4 is 37.6 Å². The van der Waals surface area contributed by atoms with E-state index in [1.807, 2.05) is 0 Å². The van der Waals surface area contributed by atoms with Crippen molar-refractivity contribution in [3.63, 3.8) is 0 Å². The average molecular weight is 903 g/mol. The highest BCUT2D eigenvalue weighted by Gasteiger charge is 2.39. The molecule has 24 heteroatoms. The minimum absolute atomic E-state index is 0.000969. The van der Waals surface area contributed by atoms with Gasteiger partial charge in [-0.05, 0) is 62.9 Å². The SMILES string of the molecule is CC[C@H](C)[C@H](NC(=O)[C@H](CCC(=O)O)NC(=O)[C@H](CCC(=O)O)NC(=O)[C@@H]1CCCN1C(=O)[C@H](C)N)C(=O)N[C@H](C(=O)N[C@@H](CCSC)C(=O)N[C@@H](CC(=O)O)C(=O)O)C(C)C. The van der Waals surface area contributed by atoms with Crippen LogP contribution in [0.3, 0.4) is 0 Å². The summed E-state index contributed by atoms with van der Waals surface area (Å²) < 4.78 is 0. The van der Waals surface area contributed by atoms with E-state index in [1.165, 1.54) is 23.6 Å². The van der Waals surface area contributed by atoms with Crippen molar-refractivity contribution in [1.82, 2.24) is 36.8 Å². The van der Waals surface area contributed by atoms with E-state index in [2.05, 4.69) is 31.9 Å². The van der Waals surface area contributed by atoms with Gasteiger partial charge in [0.05, 0.1) is 12.5 Å². The van der Waals surface area contributed by atoms with E-state index in [4.69, 9.17) is 10.8 Å². The summed E-state index contributed by atoms with van der Waals surface area (Å²) in [6.45, 7) is 8.10. The summed E-state index contributed by atoms with van der Waals surface area (Å²) in [4.78, 5) is 141. The summed E-state index contributed by atoms with van der Waals surface area (Å²) in [5, 5.41) is 51.8. The predicted octanol–water partition coefficient (Wildman–Crippen LogP) is -2.02. The van der Waals surface area contributed by atoms with Crippen molar-refractivity contribution in [1.29, 1.82) is 0 Å². The molecule has 0 radical (unpaired) electrons. The number of carboxylic acid groups (broad SMARTS) is 4. The standard InChI is InChI=1S/C38H62N8O15S/c1-7-19(4)30(36(58)44-29(18(2)3)35(57)42-23(14-16-62-6)32(54)43-24(38(60)61)17-28(51)52)45-33(55)22(11-13-27(49)50)40-31(53)21(10-12-26(47)48)41-34(56)25-9-8-15-46(25)37(59)20(5)39/h18-25,29-30H,7-17,39H2,1-6H3,(H,40,53)(H,41,56)(H,42,57)(H,43,54)(H,44,58)(H,45,55)(H,47,48)(H,49,50)(H,51,52)(H,60,61)/t19-,20-,21-,22-,23-,24-,25-,29-,30-/m0/s1. The van der Waals surface area contributed by atoms with Gasteiger partial charge in [0.15, 0.2) is 0 Å². The van der Waals surface area contributed by atoms with Gasteiger partial charge in [-0.3, -0.25) is 47.9 Å². The quantitative estimate of drug-likeness (QED) is 0.0404. The van der Waals surface area contributed by atoms with Crippen LogP contribution in [0.5, 0.6) is 0 Å². The lowest BCUT2D eigenvalue weighted by molar-refractivity contribution is -0.147. The second kappa shape index (κ2) is 26.7. The van der Waals surface area contributed by atoms with E-state index in [1.54, 1.807) is 34.0 Å². The van der Waals surface area contributed by atoms with Gasteiger partial charge in [0, 0.05) is 19.4 Å². The molecule has 350 valence electrons. The number of amides is 7. The molecule has 0 aromatic carbocycles. The zero-order chi connectivity index (χ0) is 47.4. The summed E-state index contributed by atoms with van der Waals surface area (Å²) in [7, 11) is 0. The molecule has 62 heavy (non-hydrogen) atoms. The fourth-order valence-corrected chi connectivity index (χ4v) is 6.80. The Bertz CT molecular complexity index is 1650. The number of carboxylic acids is 4. The monoisotopic (exact) mass is 902 g/mol. The third-order valence-corrected chi connectivity index (χ3v) is 10.7. The normalized spacial score (nSPS) is 17.4. The Morgan fingerprint density at radius 2 is 1.11 bits per heavy atom. The number of carbonyl (C=O) groups excluding carboxylic acids is 7. The van der Waals surface area contributed by atoms with Crippen molar-refractivity contribution in [2.45, 2.75) is 141 Å². The predicted molar refractivity (Wildman–Crippen MR) is 221 cm³/mol. The maximum absolute atomic E-state index is 13.9. The van der Waals surface area contributed by atoms with Crippen molar-refractivity contribution in [3.8, 4) is 0 Å². The van der Waals surface area contributed by atoms with Crippen LogP contribution in [0.1, 0.15) is 92.4 Å². The number of aliphatic carboxylic acids is 4. The number of nitrogens with one attached hydrogen (secondary N) is 6. The molecule has 0 unspecified atom stereocenters. The third kappa shape index (κ3) is 18.2. The van der Waals surface area contributed by atoms with Gasteiger partial charge in [-0.15, -0.1) is 0 Å². The fraction of sp³-hybridized carbons (Fsp3) is 0.711. The lowest BCUT2D eigenvalue weighted by Crippen LogP contribution is -2.61. The molecular weight excluding hydrogens is 841 g/mol. The van der Waals surface area contributed by atoms with Gasteiger partial charge in [0.1, 0.15) is 42.3 Å². The highest BCUT2D eigenvalue weighted by molar-refractivity contribution is 7.98. The maximum Gasteiger partial charge on any atom is 0.326 e. The molecular formula is C38H62N8O15S. The lowest BCUT2D eigenvalue weighted by atomic mass is 9.95. The van der Waals surface area contributed by atoms with Crippen molar-refractivity contribution >= 4 is 77.0 Å². The second-order valence-electron chi connectivity index (χ2n) is 15.4. The molecule has 1 aliphatic rings. The Balaban J connectivity index is 3.37. The average Bonchev–Trinajstić information content (AvgIpc) is 3.69. The Hall–Kier alpha value is -5.52. The van der Waals surface area contributed by atoms with Crippen LogP contribution in [0.25, 0.3) is 0 Å². The molecule has 0 aromatic rings. The first kappa shape index (κ1) is 54.5. The molecule has 0 aliphatic carbocycles. The van der Waals surface area contributed by atoms with Gasteiger partial charge in [0.25, 0.3) is 0 Å². The van der Waals surface area contributed by atoms with Gasteiger partial charge >= 0.3 is 23.9 Å². The molecule has 1 fully saturated rings. The van der Waals surface area contributed by atoms with Crippen LogP contribution in [0.15, 0.2) is 0 Å². The molecule has 12 N–H and O–H groups in total. The largest absolute Gasteiger partial charge is 0.481 e. The molecule has 0 saturated carbocycles. The second-order valence-corrected chi connectivity index (χ2v) is 16.4. The van der Waals surface area contributed by atoms with Crippen LogP contribution in [-0.4, -0.2) is 157 Å². The van der Waals surface area contributed by atoms with E-state index in [0.717, 1.165) is 0 Å². The minimum Gasteiger partial charge on any atom is -0.481 e. The molecule has 9 atom stereocenters. The number of thioether (sulfide) groups is 1. The molecule has 0 spiro atoms. The van der Waals surface area contributed by atoms with Crippen LogP contribution >= 0.6 is 11.8 Å². The first-order valence-electron chi connectivity index (χ1n) is 20.2. The van der Waals surface area contributed by atoms with E-state index < -0.39 is 158 Å². The Morgan fingerprint density at radius 1 is 0.645 bits per heavy atom. The Labute approximate surface area is 363 Å². The van der Waals surface area contributed by atoms with Gasteiger partial charge in [-0.25, -0.2) is 4.79 Å². The number of nitrogens with zero attached hydrogens (tertiary/aromatic N) is 1. The zero-order valence-electron chi connectivity index (χ0n) is 35.8. The molecule has 7 amide bonds. The first-order chi connectivity index (χ1) is 28.9. The first-order valence-corrected chi connectivity index (χ1v) is 21.6. The number of hydrogen-bond donors (Lipinski definition) is 11. The topological polar surface area (TPSA) is 370 Å². The summed E-state index contributed by atoms with van der Waals surface area (Å²) in [6.07, 6.45) is -0.456. The fourth-order valence-electron chi connectivity index (χ4n) is 6.32. The number of nitrogens with two attached hydrogens (primary N) is 1. The summed E-state index contributed by atoms with van der Waals surface area (Å²) in [5.74, 6) is -12.8. The molecule has 0 aromatic heterocycles. The molecule has 23 nitrogen and oxygen atoms in total. The number of carbonyl (C=O) groups is 11. The maximum atomic E-state index is 13.9. The van der Waals surface area contributed by atoms with Crippen molar-refractivity contribution < 1.29 is 73.2 Å². The minimum atomic E-state index is -1.80. The van der Waals surface area contributed by atoms with E-state index in [-0.39, 0.29) is 25.8 Å². The highest BCUT2D eigenvalue weighted by atomic mass is 32.2. The van der Waals surface area contributed by atoms with Crippen LogP contribution in [-0.2, 0) is 52.7 Å². The van der Waals surface area contributed by atoms with E-state index in [0.29, 0.717) is 12.2 Å². The number of likely N-dealkylation sites (tertiary alicyclic amines) is 1. The molecule has 1 aliphatic heterocycles. The van der Waals surface area contributed by atoms with E-state index in [9.17, 15) is 68.1 Å². The van der Waals surface area contributed by atoms with Crippen molar-refractivity contribution in [2.24, 2.45) is 17.6 Å². The van der Waals surface area contributed by atoms with Gasteiger partial charge in [0.2, 0.25) is 41.4 Å². The van der Waals surface area contributed by atoms with Crippen LogP contribution in [0, 0.1) is 11.8 Å². The zero-order valence-corrected chi connectivity index (χ0v) is 36.6. The van der Waals surface area contributed by atoms with Gasteiger partial charge < -0.3 is 63.0 Å². The molecule has 1 rings (SSSR count). The highest BCUT2D eigenvalue weighted by Crippen LogP contribution is 2.19. The van der Waals surface area contributed by atoms with Crippen molar-refractivity contribution in [2.75, 3.05) is 18.6 Å². The Morgan fingerprint density at radius 3 is 1.58 bits per heavy atom.